The van der Waals surface area contributed by atoms with Crippen molar-refractivity contribution in [3.63, 3.8) is 0 Å². The summed E-state index contributed by atoms with van der Waals surface area (Å²) in [7, 11) is 0. The van der Waals surface area contributed by atoms with Crippen molar-refractivity contribution in [2.75, 3.05) is 31.2 Å². The van der Waals surface area contributed by atoms with E-state index in [1.807, 2.05) is 24.3 Å². The molecule has 18 heavy (non-hydrogen) atoms. The van der Waals surface area contributed by atoms with Crippen LogP contribution in [-0.4, -0.2) is 26.3 Å². The third-order valence-corrected chi connectivity index (χ3v) is 3.44. The molecule has 4 heteroatoms. The van der Waals surface area contributed by atoms with Crippen LogP contribution >= 0.6 is 11.6 Å². The lowest BCUT2D eigenvalue weighted by molar-refractivity contribution is 0.122. The van der Waals surface area contributed by atoms with Crippen LogP contribution in [0, 0.1) is 0 Å². The zero-order valence-electron chi connectivity index (χ0n) is 9.93. The summed E-state index contributed by atoms with van der Waals surface area (Å²) in [4.78, 5) is 2.30. The lowest BCUT2D eigenvalue weighted by atomic mass is 10.1. The molecule has 2 aromatic rings. The Kier molecular flexibility index (Phi) is 3.26. The highest BCUT2D eigenvalue weighted by Crippen LogP contribution is 2.32. The number of ether oxygens (including phenoxy) is 1. The topological polar surface area (TPSA) is 25.6 Å². The molecule has 1 aliphatic rings. The summed E-state index contributed by atoms with van der Waals surface area (Å²) in [6.07, 6.45) is 1.66. The Morgan fingerprint density at radius 3 is 2.67 bits per heavy atom. The number of hydrogen-bond acceptors (Lipinski definition) is 3. The molecule has 1 aromatic heterocycles. The summed E-state index contributed by atoms with van der Waals surface area (Å²) in [5.41, 5.74) is 2.10. The van der Waals surface area contributed by atoms with Gasteiger partial charge in [-0.05, 0) is 30.3 Å². The van der Waals surface area contributed by atoms with Crippen LogP contribution in [0.5, 0.6) is 0 Å². The van der Waals surface area contributed by atoms with Gasteiger partial charge in [-0.25, -0.2) is 0 Å². The van der Waals surface area contributed by atoms with E-state index in [1.165, 1.54) is 0 Å². The SMILES string of the molecule is Clc1ccc(N2CCOCC2)cc1-c1ccco1. The van der Waals surface area contributed by atoms with E-state index in [-0.39, 0.29) is 0 Å². The minimum Gasteiger partial charge on any atom is -0.464 e. The number of rotatable bonds is 2. The number of halogens is 1. The molecule has 0 spiro atoms. The van der Waals surface area contributed by atoms with Crippen LogP contribution in [0.4, 0.5) is 5.69 Å². The van der Waals surface area contributed by atoms with Gasteiger partial charge in [0.15, 0.2) is 0 Å². The fourth-order valence-corrected chi connectivity index (χ4v) is 2.36. The second kappa shape index (κ2) is 5.04. The monoisotopic (exact) mass is 263 g/mol. The number of benzene rings is 1. The Hall–Kier alpha value is -1.45. The largest absolute Gasteiger partial charge is 0.464 e. The fraction of sp³-hybridized carbons (Fsp3) is 0.286. The minimum atomic E-state index is 0.710. The quantitative estimate of drug-likeness (QED) is 0.830. The maximum atomic E-state index is 6.22. The lowest BCUT2D eigenvalue weighted by Gasteiger charge is -2.29. The molecule has 2 heterocycles. The summed E-state index contributed by atoms with van der Waals surface area (Å²) >= 11 is 6.22. The first-order valence-corrected chi connectivity index (χ1v) is 6.38. The molecule has 0 aliphatic carbocycles. The van der Waals surface area contributed by atoms with E-state index in [2.05, 4.69) is 11.0 Å². The molecule has 0 N–H and O–H groups in total. The van der Waals surface area contributed by atoms with Crippen molar-refractivity contribution < 1.29 is 9.15 Å². The van der Waals surface area contributed by atoms with Gasteiger partial charge in [0, 0.05) is 24.3 Å². The smallest absolute Gasteiger partial charge is 0.135 e. The third kappa shape index (κ3) is 2.24. The highest BCUT2D eigenvalue weighted by atomic mass is 35.5. The van der Waals surface area contributed by atoms with Crippen LogP contribution in [-0.2, 0) is 4.74 Å². The fourth-order valence-electron chi connectivity index (χ4n) is 2.15. The van der Waals surface area contributed by atoms with E-state index < -0.39 is 0 Å². The third-order valence-electron chi connectivity index (χ3n) is 3.11. The Labute approximate surface area is 111 Å². The van der Waals surface area contributed by atoms with E-state index in [0.717, 1.165) is 43.3 Å². The highest BCUT2D eigenvalue weighted by Gasteiger charge is 2.14. The van der Waals surface area contributed by atoms with Crippen molar-refractivity contribution in [1.82, 2.24) is 0 Å². The molecule has 3 nitrogen and oxygen atoms in total. The van der Waals surface area contributed by atoms with Crippen molar-refractivity contribution in [2.24, 2.45) is 0 Å². The molecule has 1 fully saturated rings. The molecule has 0 unspecified atom stereocenters. The Bertz CT molecular complexity index is 519. The van der Waals surface area contributed by atoms with Gasteiger partial charge < -0.3 is 14.1 Å². The van der Waals surface area contributed by atoms with Gasteiger partial charge in [0.25, 0.3) is 0 Å². The molecular formula is C14H14ClNO2. The Morgan fingerprint density at radius 1 is 1.11 bits per heavy atom. The van der Waals surface area contributed by atoms with Gasteiger partial charge >= 0.3 is 0 Å². The molecule has 94 valence electrons. The Morgan fingerprint density at radius 2 is 1.94 bits per heavy atom. The average Bonchev–Trinajstić information content (AvgIpc) is 2.94. The zero-order chi connectivity index (χ0) is 12.4. The van der Waals surface area contributed by atoms with Crippen molar-refractivity contribution >= 4 is 17.3 Å². The molecule has 0 bridgehead atoms. The summed E-state index contributed by atoms with van der Waals surface area (Å²) in [5.74, 6) is 0.801. The number of furan rings is 1. The van der Waals surface area contributed by atoms with E-state index in [9.17, 15) is 0 Å². The van der Waals surface area contributed by atoms with E-state index >= 15 is 0 Å². The maximum Gasteiger partial charge on any atom is 0.135 e. The lowest BCUT2D eigenvalue weighted by Crippen LogP contribution is -2.36. The van der Waals surface area contributed by atoms with Crippen LogP contribution in [0.25, 0.3) is 11.3 Å². The first-order chi connectivity index (χ1) is 8.84. The molecule has 0 atom stereocenters. The van der Waals surface area contributed by atoms with Crippen molar-refractivity contribution in [3.8, 4) is 11.3 Å². The highest BCUT2D eigenvalue weighted by molar-refractivity contribution is 6.33. The number of morpholine rings is 1. The van der Waals surface area contributed by atoms with Gasteiger partial charge in [-0.1, -0.05) is 11.6 Å². The van der Waals surface area contributed by atoms with Crippen LogP contribution < -0.4 is 4.90 Å². The van der Waals surface area contributed by atoms with Crippen LogP contribution in [0.3, 0.4) is 0 Å². The van der Waals surface area contributed by atoms with Gasteiger partial charge in [0.2, 0.25) is 0 Å². The van der Waals surface area contributed by atoms with Gasteiger partial charge in [0.05, 0.1) is 24.5 Å². The number of nitrogens with zero attached hydrogens (tertiary/aromatic N) is 1. The number of hydrogen-bond donors (Lipinski definition) is 0. The molecule has 0 saturated carbocycles. The standard InChI is InChI=1S/C14H14ClNO2/c15-13-4-3-11(16-5-8-17-9-6-16)10-12(13)14-2-1-7-18-14/h1-4,7,10H,5-6,8-9H2. The molecule has 3 rings (SSSR count). The van der Waals surface area contributed by atoms with E-state index in [1.54, 1.807) is 6.26 Å². The van der Waals surface area contributed by atoms with Gasteiger partial charge in [0.1, 0.15) is 5.76 Å². The molecule has 1 aromatic carbocycles. The van der Waals surface area contributed by atoms with E-state index in [0.29, 0.717) is 5.02 Å². The minimum absolute atomic E-state index is 0.710. The average molecular weight is 264 g/mol. The normalized spacial score (nSPS) is 15.9. The summed E-state index contributed by atoms with van der Waals surface area (Å²) in [5, 5.41) is 0.710. The first-order valence-electron chi connectivity index (χ1n) is 6.01. The maximum absolute atomic E-state index is 6.22. The summed E-state index contributed by atoms with van der Waals surface area (Å²) in [6, 6.07) is 9.83. The second-order valence-corrected chi connectivity index (χ2v) is 4.65. The van der Waals surface area contributed by atoms with Gasteiger partial charge in [-0.2, -0.15) is 0 Å². The molecular weight excluding hydrogens is 250 g/mol. The molecule has 1 aliphatic heterocycles. The van der Waals surface area contributed by atoms with Crippen LogP contribution in [0.2, 0.25) is 5.02 Å². The molecule has 0 amide bonds. The summed E-state index contributed by atoms with van der Waals surface area (Å²) < 4.78 is 10.8. The summed E-state index contributed by atoms with van der Waals surface area (Å²) in [6.45, 7) is 3.38. The zero-order valence-corrected chi connectivity index (χ0v) is 10.7. The van der Waals surface area contributed by atoms with Crippen LogP contribution in [0.15, 0.2) is 41.0 Å². The van der Waals surface area contributed by atoms with Gasteiger partial charge in [-0.15, -0.1) is 0 Å². The van der Waals surface area contributed by atoms with E-state index in [4.69, 9.17) is 20.8 Å². The predicted octanol–water partition coefficient (Wildman–Crippen LogP) is 3.44. The van der Waals surface area contributed by atoms with Crippen molar-refractivity contribution in [1.29, 1.82) is 0 Å². The Balaban J connectivity index is 1.95. The van der Waals surface area contributed by atoms with Gasteiger partial charge in [-0.3, -0.25) is 0 Å². The van der Waals surface area contributed by atoms with Crippen molar-refractivity contribution in [3.05, 3.63) is 41.6 Å². The predicted molar refractivity (Wildman–Crippen MR) is 72.2 cm³/mol. The van der Waals surface area contributed by atoms with Crippen molar-refractivity contribution in [2.45, 2.75) is 0 Å². The number of anilines is 1. The molecule has 0 radical (unpaired) electrons. The molecule has 1 saturated heterocycles. The second-order valence-electron chi connectivity index (χ2n) is 4.24. The van der Waals surface area contributed by atoms with Crippen LogP contribution in [0.1, 0.15) is 0 Å². The first kappa shape index (κ1) is 11.6.